The van der Waals surface area contributed by atoms with Crippen LogP contribution in [0.3, 0.4) is 0 Å². The van der Waals surface area contributed by atoms with Crippen molar-refractivity contribution in [1.82, 2.24) is 15.6 Å². The molecule has 1 aromatic heterocycles. The number of nitrogens with zero attached hydrogens (tertiary/aromatic N) is 1. The van der Waals surface area contributed by atoms with Crippen molar-refractivity contribution in [2.45, 2.75) is 6.54 Å². The number of carbonyl (C=O) groups excluding carboxylic acids is 1. The van der Waals surface area contributed by atoms with Crippen LogP contribution < -0.4 is 15.4 Å². The Kier molecular flexibility index (Phi) is 5.55. The molecule has 5 nitrogen and oxygen atoms in total. The summed E-state index contributed by atoms with van der Waals surface area (Å²) in [6.45, 7) is 0.846. The molecule has 0 unspecified atom stereocenters. The van der Waals surface area contributed by atoms with E-state index >= 15 is 0 Å². The van der Waals surface area contributed by atoms with E-state index in [-0.39, 0.29) is 19.1 Å². The maximum atomic E-state index is 11.2. The molecule has 17 heavy (non-hydrogen) atoms. The molecule has 0 aliphatic rings. The van der Waals surface area contributed by atoms with Crippen LogP contribution in [0, 0.1) is 12.3 Å². The average molecular weight is 233 g/mol. The summed E-state index contributed by atoms with van der Waals surface area (Å²) < 4.78 is 5.23. The Labute approximate surface area is 101 Å². The van der Waals surface area contributed by atoms with E-state index < -0.39 is 0 Å². The topological polar surface area (TPSA) is 63.2 Å². The van der Waals surface area contributed by atoms with Crippen molar-refractivity contribution >= 4 is 5.91 Å². The molecule has 0 radical (unpaired) electrons. The van der Waals surface area contributed by atoms with E-state index in [0.29, 0.717) is 12.3 Å². The highest BCUT2D eigenvalue weighted by Crippen LogP contribution is 2.08. The lowest BCUT2D eigenvalue weighted by molar-refractivity contribution is -0.122. The van der Waals surface area contributed by atoms with E-state index in [1.165, 1.54) is 0 Å². The maximum absolute atomic E-state index is 11.2. The Morgan fingerprint density at radius 1 is 1.59 bits per heavy atom. The Balaban J connectivity index is 2.37. The zero-order chi connectivity index (χ0) is 12.5. The summed E-state index contributed by atoms with van der Waals surface area (Å²) in [5, 5.41) is 5.49. The van der Waals surface area contributed by atoms with Crippen LogP contribution >= 0.6 is 0 Å². The fraction of sp³-hybridized carbons (Fsp3) is 0.333. The molecule has 0 fully saturated rings. The van der Waals surface area contributed by atoms with E-state index in [2.05, 4.69) is 21.5 Å². The van der Waals surface area contributed by atoms with Crippen LogP contribution in [-0.4, -0.2) is 31.1 Å². The van der Waals surface area contributed by atoms with Gasteiger partial charge in [-0.05, 0) is 19.2 Å². The normalized spacial score (nSPS) is 9.41. The van der Waals surface area contributed by atoms with Gasteiger partial charge in [-0.3, -0.25) is 9.78 Å². The number of aromatic nitrogens is 1. The molecule has 0 saturated carbocycles. The van der Waals surface area contributed by atoms with Crippen LogP contribution in [-0.2, 0) is 11.3 Å². The molecule has 1 heterocycles. The van der Waals surface area contributed by atoms with E-state index in [0.717, 1.165) is 5.69 Å². The molecule has 0 saturated heterocycles. The number of terminal acetylenes is 1. The van der Waals surface area contributed by atoms with Crippen molar-refractivity contribution in [2.24, 2.45) is 0 Å². The van der Waals surface area contributed by atoms with Crippen molar-refractivity contribution in [3.05, 3.63) is 24.0 Å². The van der Waals surface area contributed by atoms with Crippen molar-refractivity contribution in [3.8, 4) is 18.1 Å². The van der Waals surface area contributed by atoms with Crippen LogP contribution in [0.25, 0.3) is 0 Å². The van der Waals surface area contributed by atoms with Gasteiger partial charge >= 0.3 is 0 Å². The van der Waals surface area contributed by atoms with Crippen LogP contribution in [0.4, 0.5) is 0 Å². The number of rotatable bonds is 6. The standard InChI is InChI=1S/C12H15N3O2/c1-3-6-14-12(16)9-17-11-5-4-10(7-13-2)15-8-11/h1,4-5,8,13H,6-7,9H2,2H3,(H,14,16). The lowest BCUT2D eigenvalue weighted by Crippen LogP contribution is -2.29. The summed E-state index contributed by atoms with van der Waals surface area (Å²) >= 11 is 0. The molecule has 0 spiro atoms. The number of hydrogen-bond donors (Lipinski definition) is 2. The van der Waals surface area contributed by atoms with Gasteiger partial charge < -0.3 is 15.4 Å². The minimum absolute atomic E-state index is 0.0608. The molecule has 90 valence electrons. The van der Waals surface area contributed by atoms with E-state index in [1.54, 1.807) is 12.3 Å². The van der Waals surface area contributed by atoms with E-state index in [1.807, 2.05) is 13.1 Å². The van der Waals surface area contributed by atoms with Gasteiger partial charge in [-0.1, -0.05) is 5.92 Å². The highest BCUT2D eigenvalue weighted by molar-refractivity contribution is 5.77. The van der Waals surface area contributed by atoms with Gasteiger partial charge in [0.05, 0.1) is 18.4 Å². The third-order valence-electron chi connectivity index (χ3n) is 1.91. The SMILES string of the molecule is C#CCNC(=O)COc1ccc(CNC)nc1. The van der Waals surface area contributed by atoms with Gasteiger partial charge in [0.2, 0.25) is 0 Å². The molecular formula is C12H15N3O2. The van der Waals surface area contributed by atoms with Crippen molar-refractivity contribution < 1.29 is 9.53 Å². The fourth-order valence-corrected chi connectivity index (χ4v) is 1.13. The molecule has 2 N–H and O–H groups in total. The smallest absolute Gasteiger partial charge is 0.258 e. The lowest BCUT2D eigenvalue weighted by atomic mass is 10.3. The van der Waals surface area contributed by atoms with Crippen LogP contribution in [0.5, 0.6) is 5.75 Å². The minimum atomic E-state index is -0.248. The van der Waals surface area contributed by atoms with Gasteiger partial charge in [-0.25, -0.2) is 0 Å². The first-order chi connectivity index (χ1) is 8.26. The Bertz CT molecular complexity index is 395. The molecular weight excluding hydrogens is 218 g/mol. The van der Waals surface area contributed by atoms with Crippen LogP contribution in [0.2, 0.25) is 0 Å². The first-order valence-electron chi connectivity index (χ1n) is 5.18. The van der Waals surface area contributed by atoms with Gasteiger partial charge in [0.1, 0.15) is 5.75 Å². The highest BCUT2D eigenvalue weighted by Gasteiger charge is 2.01. The number of nitrogens with one attached hydrogen (secondary N) is 2. The monoisotopic (exact) mass is 233 g/mol. The van der Waals surface area contributed by atoms with Crippen molar-refractivity contribution in [2.75, 3.05) is 20.2 Å². The first kappa shape index (κ1) is 13.0. The summed E-state index contributed by atoms with van der Waals surface area (Å²) in [6.07, 6.45) is 6.59. The Morgan fingerprint density at radius 2 is 2.41 bits per heavy atom. The largest absolute Gasteiger partial charge is 0.482 e. The number of hydrogen-bond acceptors (Lipinski definition) is 4. The molecule has 0 bridgehead atoms. The minimum Gasteiger partial charge on any atom is -0.482 e. The Morgan fingerprint density at radius 3 is 3.00 bits per heavy atom. The summed E-state index contributed by atoms with van der Waals surface area (Å²) in [7, 11) is 1.85. The number of carbonyl (C=O) groups is 1. The van der Waals surface area contributed by atoms with E-state index in [4.69, 9.17) is 11.2 Å². The van der Waals surface area contributed by atoms with Gasteiger partial charge in [0.25, 0.3) is 5.91 Å². The number of pyridine rings is 1. The molecule has 0 aliphatic heterocycles. The maximum Gasteiger partial charge on any atom is 0.258 e. The second kappa shape index (κ2) is 7.25. The lowest BCUT2D eigenvalue weighted by Gasteiger charge is -2.06. The molecule has 0 aromatic carbocycles. The second-order valence-electron chi connectivity index (χ2n) is 3.29. The zero-order valence-electron chi connectivity index (χ0n) is 9.69. The summed E-state index contributed by atoms with van der Waals surface area (Å²) in [4.78, 5) is 15.3. The summed E-state index contributed by atoms with van der Waals surface area (Å²) in [6, 6.07) is 3.61. The molecule has 1 aromatic rings. The first-order valence-corrected chi connectivity index (χ1v) is 5.18. The van der Waals surface area contributed by atoms with Crippen LogP contribution in [0.1, 0.15) is 5.69 Å². The third-order valence-corrected chi connectivity index (χ3v) is 1.91. The van der Waals surface area contributed by atoms with Crippen molar-refractivity contribution in [1.29, 1.82) is 0 Å². The highest BCUT2D eigenvalue weighted by atomic mass is 16.5. The number of ether oxygens (including phenoxy) is 1. The fourth-order valence-electron chi connectivity index (χ4n) is 1.13. The third kappa shape index (κ3) is 5.00. The van der Waals surface area contributed by atoms with E-state index in [9.17, 15) is 4.79 Å². The van der Waals surface area contributed by atoms with Crippen molar-refractivity contribution in [3.63, 3.8) is 0 Å². The van der Waals surface area contributed by atoms with Gasteiger partial charge in [-0.2, -0.15) is 0 Å². The molecule has 5 heteroatoms. The van der Waals surface area contributed by atoms with Crippen LogP contribution in [0.15, 0.2) is 18.3 Å². The molecule has 0 aliphatic carbocycles. The molecule has 1 amide bonds. The summed E-state index contributed by atoms with van der Waals surface area (Å²) in [5.74, 6) is 2.62. The summed E-state index contributed by atoms with van der Waals surface area (Å²) in [5.41, 5.74) is 0.914. The predicted octanol–water partition coefficient (Wildman–Crippen LogP) is -0.0708. The molecule has 1 rings (SSSR count). The van der Waals surface area contributed by atoms with Gasteiger partial charge in [-0.15, -0.1) is 6.42 Å². The van der Waals surface area contributed by atoms with Gasteiger partial charge in [0.15, 0.2) is 6.61 Å². The number of amides is 1. The Hall–Kier alpha value is -2.06. The quantitative estimate of drug-likeness (QED) is 0.675. The predicted molar refractivity (Wildman–Crippen MR) is 64.3 cm³/mol. The van der Waals surface area contributed by atoms with Gasteiger partial charge in [0, 0.05) is 6.54 Å². The average Bonchev–Trinajstić information content (AvgIpc) is 2.36. The molecule has 0 atom stereocenters. The second-order valence-corrected chi connectivity index (χ2v) is 3.29. The zero-order valence-corrected chi connectivity index (χ0v) is 9.69.